The second-order valence-corrected chi connectivity index (χ2v) is 4.64. The van der Waals surface area contributed by atoms with Crippen LogP contribution < -0.4 is 14.6 Å². The molecule has 1 aliphatic rings. The molecule has 18 heavy (non-hydrogen) atoms. The van der Waals surface area contributed by atoms with Crippen molar-refractivity contribution in [2.45, 2.75) is 25.9 Å². The molecule has 1 N–H and O–H groups in total. The number of carbonyl (C=O) groups is 1. The number of hydrogen-bond acceptors (Lipinski definition) is 5. The SMILES string of the molecule is CC(C)C(O)C(C(=O)[O-])c1ccc2c(c1)OCO2. The summed E-state index contributed by atoms with van der Waals surface area (Å²) in [5, 5.41) is 21.2. The fourth-order valence-electron chi connectivity index (χ4n) is 1.96. The molecule has 0 radical (unpaired) electrons. The summed E-state index contributed by atoms with van der Waals surface area (Å²) in [4.78, 5) is 11.2. The maximum absolute atomic E-state index is 11.2. The Morgan fingerprint density at radius 2 is 2.00 bits per heavy atom. The average Bonchev–Trinajstić information content (AvgIpc) is 2.75. The molecule has 1 heterocycles. The molecule has 1 aromatic carbocycles. The molecular weight excluding hydrogens is 236 g/mol. The van der Waals surface area contributed by atoms with Crippen LogP contribution in [0.3, 0.4) is 0 Å². The van der Waals surface area contributed by atoms with Gasteiger partial charge in [-0.2, -0.15) is 0 Å². The lowest BCUT2D eigenvalue weighted by Crippen LogP contribution is -2.39. The number of aliphatic hydroxyl groups is 1. The third kappa shape index (κ3) is 2.26. The number of carbonyl (C=O) groups excluding carboxylic acids is 1. The number of aliphatic hydroxyl groups excluding tert-OH is 1. The molecule has 1 aromatic rings. The lowest BCUT2D eigenvalue weighted by atomic mass is 9.87. The van der Waals surface area contributed by atoms with E-state index in [1.165, 1.54) is 0 Å². The van der Waals surface area contributed by atoms with Gasteiger partial charge >= 0.3 is 0 Å². The highest BCUT2D eigenvalue weighted by molar-refractivity contribution is 5.75. The summed E-state index contributed by atoms with van der Waals surface area (Å²) < 4.78 is 10.3. The number of fused-ring (bicyclic) bond motifs is 1. The standard InChI is InChI=1S/C13H16O5/c1-7(2)12(14)11(13(15)16)8-3-4-9-10(5-8)18-6-17-9/h3-5,7,11-12,14H,6H2,1-2H3,(H,15,16)/p-1. The zero-order chi connectivity index (χ0) is 13.3. The van der Waals surface area contributed by atoms with Gasteiger partial charge in [-0.1, -0.05) is 19.9 Å². The van der Waals surface area contributed by atoms with Gasteiger partial charge in [0.25, 0.3) is 0 Å². The van der Waals surface area contributed by atoms with Gasteiger partial charge < -0.3 is 24.5 Å². The van der Waals surface area contributed by atoms with Crippen molar-refractivity contribution in [2.24, 2.45) is 5.92 Å². The van der Waals surface area contributed by atoms with Gasteiger partial charge in [-0.3, -0.25) is 0 Å². The molecular formula is C13H15O5-. The van der Waals surface area contributed by atoms with Crippen LogP contribution in [0, 0.1) is 5.92 Å². The molecule has 2 atom stereocenters. The Hall–Kier alpha value is -1.75. The molecule has 0 saturated carbocycles. The van der Waals surface area contributed by atoms with Gasteiger partial charge in [0.1, 0.15) is 0 Å². The van der Waals surface area contributed by atoms with Crippen molar-refractivity contribution >= 4 is 5.97 Å². The fourth-order valence-corrected chi connectivity index (χ4v) is 1.96. The van der Waals surface area contributed by atoms with Crippen molar-refractivity contribution in [2.75, 3.05) is 6.79 Å². The highest BCUT2D eigenvalue weighted by Crippen LogP contribution is 2.36. The molecule has 1 aliphatic heterocycles. The maximum Gasteiger partial charge on any atom is 0.231 e. The average molecular weight is 251 g/mol. The van der Waals surface area contributed by atoms with Crippen LogP contribution in [0.25, 0.3) is 0 Å². The molecule has 2 unspecified atom stereocenters. The van der Waals surface area contributed by atoms with Crippen molar-refractivity contribution in [1.29, 1.82) is 0 Å². The summed E-state index contributed by atoms with van der Waals surface area (Å²) in [6.45, 7) is 3.64. The van der Waals surface area contributed by atoms with E-state index in [1.54, 1.807) is 32.0 Å². The lowest BCUT2D eigenvalue weighted by Gasteiger charge is -2.27. The van der Waals surface area contributed by atoms with Crippen LogP contribution >= 0.6 is 0 Å². The fraction of sp³-hybridized carbons (Fsp3) is 0.462. The van der Waals surface area contributed by atoms with E-state index in [0.717, 1.165) is 0 Å². The molecule has 0 aromatic heterocycles. The van der Waals surface area contributed by atoms with E-state index in [0.29, 0.717) is 17.1 Å². The molecule has 0 saturated heterocycles. The number of ether oxygens (including phenoxy) is 2. The van der Waals surface area contributed by atoms with Crippen molar-refractivity contribution in [3.05, 3.63) is 23.8 Å². The first kappa shape index (κ1) is 12.7. The zero-order valence-corrected chi connectivity index (χ0v) is 10.3. The molecule has 2 rings (SSSR count). The largest absolute Gasteiger partial charge is 0.549 e. The monoisotopic (exact) mass is 251 g/mol. The minimum Gasteiger partial charge on any atom is -0.549 e. The molecule has 0 bridgehead atoms. The third-order valence-electron chi connectivity index (χ3n) is 3.03. The topological polar surface area (TPSA) is 78.8 Å². The Morgan fingerprint density at radius 1 is 1.33 bits per heavy atom. The quantitative estimate of drug-likeness (QED) is 0.830. The molecule has 0 fully saturated rings. The van der Waals surface area contributed by atoms with Crippen LogP contribution in [-0.2, 0) is 4.79 Å². The molecule has 0 spiro atoms. The third-order valence-corrected chi connectivity index (χ3v) is 3.03. The Morgan fingerprint density at radius 3 is 2.61 bits per heavy atom. The number of rotatable bonds is 4. The summed E-state index contributed by atoms with van der Waals surface area (Å²) in [5.41, 5.74) is 0.459. The smallest absolute Gasteiger partial charge is 0.231 e. The maximum atomic E-state index is 11.2. The summed E-state index contributed by atoms with van der Waals surface area (Å²) in [6, 6.07) is 4.83. The molecule has 5 heteroatoms. The second-order valence-electron chi connectivity index (χ2n) is 4.64. The predicted molar refractivity (Wildman–Crippen MR) is 61.2 cm³/mol. The summed E-state index contributed by atoms with van der Waals surface area (Å²) in [7, 11) is 0. The summed E-state index contributed by atoms with van der Waals surface area (Å²) >= 11 is 0. The van der Waals surface area contributed by atoms with E-state index < -0.39 is 18.0 Å². The van der Waals surface area contributed by atoms with Crippen LogP contribution in [0.4, 0.5) is 0 Å². The van der Waals surface area contributed by atoms with E-state index in [4.69, 9.17) is 9.47 Å². The molecule has 98 valence electrons. The second kappa shape index (κ2) is 4.86. The molecule has 0 amide bonds. The van der Waals surface area contributed by atoms with Crippen molar-refractivity contribution in [3.8, 4) is 11.5 Å². The van der Waals surface area contributed by atoms with Gasteiger partial charge in [0.05, 0.1) is 12.1 Å². The Bertz CT molecular complexity index is 455. The van der Waals surface area contributed by atoms with Crippen LogP contribution in [-0.4, -0.2) is 24.0 Å². The number of carboxylic acids is 1. The molecule has 5 nitrogen and oxygen atoms in total. The van der Waals surface area contributed by atoms with Crippen LogP contribution in [0.5, 0.6) is 11.5 Å². The number of aliphatic carboxylic acids is 1. The van der Waals surface area contributed by atoms with E-state index in [-0.39, 0.29) is 12.7 Å². The van der Waals surface area contributed by atoms with Crippen LogP contribution in [0.2, 0.25) is 0 Å². The van der Waals surface area contributed by atoms with E-state index >= 15 is 0 Å². The van der Waals surface area contributed by atoms with Crippen LogP contribution in [0.1, 0.15) is 25.3 Å². The summed E-state index contributed by atoms with van der Waals surface area (Å²) in [6.07, 6.45) is -1.00. The first-order valence-electron chi connectivity index (χ1n) is 5.79. The number of carboxylic acid groups (broad SMARTS) is 1. The first-order chi connectivity index (χ1) is 8.50. The highest BCUT2D eigenvalue weighted by Gasteiger charge is 2.27. The van der Waals surface area contributed by atoms with E-state index in [2.05, 4.69) is 0 Å². The number of benzene rings is 1. The minimum absolute atomic E-state index is 0.126. The first-order valence-corrected chi connectivity index (χ1v) is 5.79. The molecule has 0 aliphatic carbocycles. The highest BCUT2D eigenvalue weighted by atomic mass is 16.7. The van der Waals surface area contributed by atoms with Crippen molar-refractivity contribution in [3.63, 3.8) is 0 Å². The minimum atomic E-state index is -1.30. The van der Waals surface area contributed by atoms with Crippen molar-refractivity contribution < 1.29 is 24.5 Å². The zero-order valence-electron chi connectivity index (χ0n) is 10.3. The normalized spacial score (nSPS) is 16.7. The Labute approximate surface area is 105 Å². The van der Waals surface area contributed by atoms with Gasteiger partial charge in [0.2, 0.25) is 6.79 Å². The van der Waals surface area contributed by atoms with Gasteiger partial charge in [-0.05, 0) is 23.6 Å². The van der Waals surface area contributed by atoms with Gasteiger partial charge in [-0.25, -0.2) is 0 Å². The van der Waals surface area contributed by atoms with Crippen molar-refractivity contribution in [1.82, 2.24) is 0 Å². The Balaban J connectivity index is 2.34. The number of hydrogen-bond donors (Lipinski definition) is 1. The van der Waals surface area contributed by atoms with Crippen LogP contribution in [0.15, 0.2) is 18.2 Å². The predicted octanol–water partition coefficient (Wildman–Crippen LogP) is 0.266. The van der Waals surface area contributed by atoms with E-state index in [1.807, 2.05) is 0 Å². The van der Waals surface area contributed by atoms with Gasteiger partial charge in [0, 0.05) is 5.92 Å². The van der Waals surface area contributed by atoms with E-state index in [9.17, 15) is 15.0 Å². The van der Waals surface area contributed by atoms with Gasteiger partial charge in [-0.15, -0.1) is 0 Å². The Kier molecular flexibility index (Phi) is 3.43. The lowest BCUT2D eigenvalue weighted by molar-refractivity contribution is -0.310. The summed E-state index contributed by atoms with van der Waals surface area (Å²) in [5.74, 6) is -1.47. The van der Waals surface area contributed by atoms with Gasteiger partial charge in [0.15, 0.2) is 11.5 Å².